The molecule has 0 heterocycles. The maximum Gasteiger partial charge on any atom is 0.352 e. The summed E-state index contributed by atoms with van der Waals surface area (Å²) >= 11 is 0. The van der Waals surface area contributed by atoms with E-state index in [0.717, 1.165) is 12.8 Å². The Labute approximate surface area is 103 Å². The van der Waals surface area contributed by atoms with Gasteiger partial charge in [-0.25, -0.2) is 4.79 Å². The normalized spacial score (nSPS) is 9.24. The first-order chi connectivity index (χ1) is 8.34. The molecule has 1 rings (SSSR count). The highest BCUT2D eigenvalue weighted by atomic mass is 16.5. The minimum atomic E-state index is -0.383. The molecule has 0 saturated carbocycles. The van der Waals surface area contributed by atoms with E-state index in [2.05, 4.69) is 19.0 Å². The SMILES string of the molecule is CCCCCCC#COC(=O)c1ccccc1. The van der Waals surface area contributed by atoms with E-state index >= 15 is 0 Å². The van der Waals surface area contributed by atoms with Crippen molar-refractivity contribution in [3.63, 3.8) is 0 Å². The average Bonchev–Trinajstić information content (AvgIpc) is 2.38. The largest absolute Gasteiger partial charge is 0.369 e. The lowest BCUT2D eigenvalue weighted by Gasteiger charge is -1.95. The van der Waals surface area contributed by atoms with E-state index in [4.69, 9.17) is 4.74 Å². The molecule has 0 bridgehead atoms. The molecule has 90 valence electrons. The minimum Gasteiger partial charge on any atom is -0.369 e. The van der Waals surface area contributed by atoms with Crippen molar-refractivity contribution < 1.29 is 9.53 Å². The molecule has 0 unspecified atom stereocenters. The Morgan fingerprint density at radius 3 is 2.65 bits per heavy atom. The van der Waals surface area contributed by atoms with Crippen LogP contribution >= 0.6 is 0 Å². The number of carbonyl (C=O) groups excluding carboxylic acids is 1. The molecule has 1 aromatic carbocycles. The number of hydrogen-bond acceptors (Lipinski definition) is 2. The van der Waals surface area contributed by atoms with Crippen LogP contribution in [-0.2, 0) is 4.74 Å². The summed E-state index contributed by atoms with van der Waals surface area (Å²) in [4.78, 5) is 11.5. The van der Waals surface area contributed by atoms with E-state index in [-0.39, 0.29) is 5.97 Å². The lowest BCUT2D eigenvalue weighted by Crippen LogP contribution is -1.99. The molecular formula is C15H18O2. The summed E-state index contributed by atoms with van der Waals surface area (Å²) in [6.45, 7) is 2.17. The second kappa shape index (κ2) is 8.41. The maximum atomic E-state index is 11.5. The van der Waals surface area contributed by atoms with Crippen LogP contribution in [0.1, 0.15) is 49.4 Å². The van der Waals surface area contributed by atoms with Gasteiger partial charge in [-0.3, -0.25) is 0 Å². The standard InChI is InChI=1S/C15H18O2/c1-2-3-4-5-6-10-13-17-15(16)14-11-8-7-9-12-14/h7-9,11-12H,2-6H2,1H3. The first-order valence-corrected chi connectivity index (χ1v) is 6.08. The Morgan fingerprint density at radius 2 is 1.94 bits per heavy atom. The number of rotatable bonds is 5. The van der Waals surface area contributed by atoms with Gasteiger partial charge in [0.2, 0.25) is 0 Å². The fourth-order valence-corrected chi connectivity index (χ4v) is 1.41. The number of benzene rings is 1. The van der Waals surface area contributed by atoms with Gasteiger partial charge in [0.05, 0.1) is 5.56 Å². The average molecular weight is 230 g/mol. The van der Waals surface area contributed by atoms with Gasteiger partial charge in [0.1, 0.15) is 6.11 Å². The molecule has 2 nitrogen and oxygen atoms in total. The Bertz CT molecular complexity index is 384. The van der Waals surface area contributed by atoms with Gasteiger partial charge in [-0.05, 0) is 18.6 Å². The van der Waals surface area contributed by atoms with Crippen molar-refractivity contribution in [1.82, 2.24) is 0 Å². The lowest BCUT2D eigenvalue weighted by atomic mass is 10.2. The van der Waals surface area contributed by atoms with Gasteiger partial charge in [-0.15, -0.1) is 0 Å². The number of carbonyl (C=O) groups is 1. The van der Waals surface area contributed by atoms with Crippen LogP contribution in [-0.4, -0.2) is 5.97 Å². The van der Waals surface area contributed by atoms with E-state index in [1.807, 2.05) is 6.07 Å². The monoisotopic (exact) mass is 230 g/mol. The Morgan fingerprint density at radius 1 is 1.18 bits per heavy atom. The van der Waals surface area contributed by atoms with Crippen molar-refractivity contribution in [3.05, 3.63) is 35.9 Å². The molecule has 0 aliphatic rings. The van der Waals surface area contributed by atoms with Crippen molar-refractivity contribution in [2.45, 2.75) is 39.0 Å². The third-order valence-corrected chi connectivity index (χ3v) is 2.38. The van der Waals surface area contributed by atoms with E-state index in [1.165, 1.54) is 19.3 Å². The third kappa shape index (κ3) is 5.77. The Balaban J connectivity index is 2.22. The van der Waals surface area contributed by atoms with Crippen LogP contribution in [0, 0.1) is 12.0 Å². The molecule has 0 aliphatic heterocycles. The van der Waals surface area contributed by atoms with E-state index in [9.17, 15) is 4.79 Å². The first-order valence-electron chi connectivity index (χ1n) is 6.08. The lowest BCUT2D eigenvalue weighted by molar-refractivity contribution is 0.0690. The fraction of sp³-hybridized carbons (Fsp3) is 0.400. The van der Waals surface area contributed by atoms with Crippen LogP contribution in [0.4, 0.5) is 0 Å². The van der Waals surface area contributed by atoms with Crippen LogP contribution in [0.25, 0.3) is 0 Å². The van der Waals surface area contributed by atoms with Gasteiger partial charge in [-0.2, -0.15) is 0 Å². The molecule has 0 aromatic heterocycles. The molecule has 2 heteroatoms. The zero-order chi connectivity index (χ0) is 12.3. The van der Waals surface area contributed by atoms with Crippen molar-refractivity contribution in [2.75, 3.05) is 0 Å². The summed E-state index contributed by atoms with van der Waals surface area (Å²) in [6.07, 6.45) is 7.98. The van der Waals surface area contributed by atoms with Crippen LogP contribution in [0.2, 0.25) is 0 Å². The molecule has 17 heavy (non-hydrogen) atoms. The van der Waals surface area contributed by atoms with Gasteiger partial charge >= 0.3 is 5.97 Å². The molecule has 0 atom stereocenters. The van der Waals surface area contributed by atoms with Crippen molar-refractivity contribution in [1.29, 1.82) is 0 Å². The Kier molecular flexibility index (Phi) is 6.59. The topological polar surface area (TPSA) is 26.3 Å². The zero-order valence-corrected chi connectivity index (χ0v) is 10.2. The highest BCUT2D eigenvalue weighted by Gasteiger charge is 2.03. The molecular weight excluding hydrogens is 212 g/mol. The van der Waals surface area contributed by atoms with Gasteiger partial charge < -0.3 is 4.74 Å². The van der Waals surface area contributed by atoms with Crippen molar-refractivity contribution in [3.8, 4) is 12.0 Å². The maximum absolute atomic E-state index is 11.5. The van der Waals surface area contributed by atoms with E-state index in [0.29, 0.717) is 5.56 Å². The number of hydrogen-bond donors (Lipinski definition) is 0. The molecule has 0 spiro atoms. The minimum absolute atomic E-state index is 0.383. The molecule has 0 N–H and O–H groups in total. The summed E-state index contributed by atoms with van der Waals surface area (Å²) < 4.78 is 4.83. The number of unbranched alkanes of at least 4 members (excludes halogenated alkanes) is 4. The molecule has 1 aromatic rings. The molecule has 0 radical (unpaired) electrons. The number of ether oxygens (including phenoxy) is 1. The van der Waals surface area contributed by atoms with Crippen LogP contribution in [0.3, 0.4) is 0 Å². The predicted molar refractivity (Wildman–Crippen MR) is 68.4 cm³/mol. The summed E-state index contributed by atoms with van der Waals surface area (Å²) in [5, 5.41) is 0. The summed E-state index contributed by atoms with van der Waals surface area (Å²) in [7, 11) is 0. The van der Waals surface area contributed by atoms with Crippen molar-refractivity contribution >= 4 is 5.97 Å². The van der Waals surface area contributed by atoms with Crippen LogP contribution < -0.4 is 0 Å². The predicted octanol–water partition coefficient (Wildman–Crippen LogP) is 3.77. The van der Waals surface area contributed by atoms with Crippen molar-refractivity contribution in [2.24, 2.45) is 0 Å². The quantitative estimate of drug-likeness (QED) is 0.437. The molecule has 0 amide bonds. The zero-order valence-electron chi connectivity index (χ0n) is 10.2. The van der Waals surface area contributed by atoms with E-state index in [1.54, 1.807) is 24.3 Å². The second-order valence-corrected chi connectivity index (χ2v) is 3.85. The number of esters is 1. The highest BCUT2D eigenvalue weighted by Crippen LogP contribution is 2.02. The summed E-state index contributed by atoms with van der Waals surface area (Å²) in [5.74, 6) is 2.47. The Hall–Kier alpha value is -1.75. The van der Waals surface area contributed by atoms with Gasteiger partial charge in [-0.1, -0.05) is 50.3 Å². The molecule has 0 saturated heterocycles. The summed E-state index contributed by atoms with van der Waals surface area (Å²) in [6, 6.07) is 8.89. The fourth-order valence-electron chi connectivity index (χ4n) is 1.41. The highest BCUT2D eigenvalue weighted by molar-refractivity contribution is 5.89. The van der Waals surface area contributed by atoms with E-state index < -0.39 is 0 Å². The first kappa shape index (κ1) is 13.3. The van der Waals surface area contributed by atoms with Crippen LogP contribution in [0.15, 0.2) is 30.3 Å². The molecule has 0 aliphatic carbocycles. The van der Waals surface area contributed by atoms with Gasteiger partial charge in [0.15, 0.2) is 0 Å². The molecule has 0 fully saturated rings. The second-order valence-electron chi connectivity index (χ2n) is 3.85. The van der Waals surface area contributed by atoms with Gasteiger partial charge in [0, 0.05) is 6.42 Å². The van der Waals surface area contributed by atoms with Gasteiger partial charge in [0.25, 0.3) is 0 Å². The third-order valence-electron chi connectivity index (χ3n) is 2.38. The van der Waals surface area contributed by atoms with Crippen LogP contribution in [0.5, 0.6) is 0 Å². The smallest absolute Gasteiger partial charge is 0.352 e. The summed E-state index contributed by atoms with van der Waals surface area (Å²) in [5.41, 5.74) is 0.535.